The van der Waals surface area contributed by atoms with Gasteiger partial charge in [0.25, 0.3) is 0 Å². The highest BCUT2D eigenvalue weighted by molar-refractivity contribution is 14.0. The van der Waals surface area contributed by atoms with Crippen LogP contribution in [0.15, 0.2) is 52.4 Å². The molecule has 0 atom stereocenters. The summed E-state index contributed by atoms with van der Waals surface area (Å²) in [6.45, 7) is 0.204. The number of hydrogen-bond acceptors (Lipinski definition) is 5. The molecule has 8 nitrogen and oxygen atoms in total. The number of nitrogens with two attached hydrogens (primary N) is 2. The smallest absolute Gasteiger partial charge is 0.238 e. The van der Waals surface area contributed by atoms with Crippen molar-refractivity contribution in [2.75, 3.05) is 19.5 Å². The molecule has 0 aromatic heterocycles. The third kappa shape index (κ3) is 6.04. The van der Waals surface area contributed by atoms with Crippen LogP contribution in [0.4, 0.5) is 5.69 Å². The zero-order valence-electron chi connectivity index (χ0n) is 14.3. The van der Waals surface area contributed by atoms with Gasteiger partial charge in [-0.3, -0.25) is 0 Å². The maximum atomic E-state index is 11.4. The predicted molar refractivity (Wildman–Crippen MR) is 112 cm³/mol. The van der Waals surface area contributed by atoms with E-state index in [4.69, 9.17) is 20.3 Å². The van der Waals surface area contributed by atoms with Gasteiger partial charge in [0.1, 0.15) is 0 Å². The highest BCUT2D eigenvalue weighted by Crippen LogP contribution is 2.29. The topological polar surface area (TPSA) is 129 Å². The number of guanidine groups is 1. The number of anilines is 1. The summed E-state index contributed by atoms with van der Waals surface area (Å²) in [6.07, 6.45) is 0. The van der Waals surface area contributed by atoms with Crippen molar-refractivity contribution in [3.8, 4) is 11.5 Å². The Morgan fingerprint density at radius 1 is 1.12 bits per heavy atom. The van der Waals surface area contributed by atoms with Gasteiger partial charge in [0.2, 0.25) is 10.0 Å². The van der Waals surface area contributed by atoms with Crippen molar-refractivity contribution >= 4 is 45.6 Å². The van der Waals surface area contributed by atoms with Gasteiger partial charge in [-0.1, -0.05) is 12.1 Å². The van der Waals surface area contributed by atoms with Crippen LogP contribution in [0, 0.1) is 0 Å². The van der Waals surface area contributed by atoms with Crippen molar-refractivity contribution in [1.82, 2.24) is 0 Å². The first-order chi connectivity index (χ1) is 11.8. The van der Waals surface area contributed by atoms with Gasteiger partial charge >= 0.3 is 0 Å². The van der Waals surface area contributed by atoms with E-state index >= 15 is 0 Å². The first-order valence-electron chi connectivity index (χ1n) is 7.24. The number of benzene rings is 2. The average Bonchev–Trinajstić information content (AvgIpc) is 2.59. The minimum absolute atomic E-state index is 0. The molecule has 0 spiro atoms. The molecule has 0 radical (unpaired) electrons. The zero-order chi connectivity index (χ0) is 18.4. The lowest BCUT2D eigenvalue weighted by atomic mass is 10.2. The van der Waals surface area contributed by atoms with Gasteiger partial charge in [0.15, 0.2) is 17.5 Å². The molecule has 0 amide bonds. The molecule has 10 heteroatoms. The number of methoxy groups -OCH3 is 2. The number of nitrogens with zero attached hydrogens (tertiary/aromatic N) is 1. The summed E-state index contributed by atoms with van der Waals surface area (Å²) < 4.78 is 33.1. The minimum Gasteiger partial charge on any atom is -0.493 e. The van der Waals surface area contributed by atoms with Gasteiger partial charge in [0, 0.05) is 11.8 Å². The van der Waals surface area contributed by atoms with Crippen molar-refractivity contribution in [2.45, 2.75) is 11.4 Å². The van der Waals surface area contributed by atoms with Gasteiger partial charge in [-0.25, -0.2) is 18.5 Å². The molecule has 142 valence electrons. The van der Waals surface area contributed by atoms with E-state index in [9.17, 15) is 8.42 Å². The van der Waals surface area contributed by atoms with Crippen molar-refractivity contribution in [3.63, 3.8) is 0 Å². The quantitative estimate of drug-likeness (QED) is 0.321. The van der Waals surface area contributed by atoms with Crippen molar-refractivity contribution in [3.05, 3.63) is 48.0 Å². The minimum atomic E-state index is -3.75. The van der Waals surface area contributed by atoms with Crippen molar-refractivity contribution in [2.24, 2.45) is 15.9 Å². The Hall–Kier alpha value is -2.05. The third-order valence-corrected chi connectivity index (χ3v) is 4.23. The molecule has 2 rings (SSSR count). The first kappa shape index (κ1) is 22.0. The van der Waals surface area contributed by atoms with Gasteiger partial charge < -0.3 is 20.5 Å². The van der Waals surface area contributed by atoms with Crippen molar-refractivity contribution < 1.29 is 17.9 Å². The maximum absolute atomic E-state index is 11.4. The molecule has 0 aliphatic rings. The Morgan fingerprint density at radius 3 is 2.42 bits per heavy atom. The Morgan fingerprint density at radius 2 is 1.81 bits per heavy atom. The molecule has 0 saturated carbocycles. The number of halogens is 1. The monoisotopic (exact) mass is 492 g/mol. The molecule has 0 bridgehead atoms. The van der Waals surface area contributed by atoms with E-state index in [1.807, 2.05) is 0 Å². The first-order valence-corrected chi connectivity index (χ1v) is 8.79. The van der Waals surface area contributed by atoms with Crippen LogP contribution in [-0.4, -0.2) is 28.6 Å². The number of rotatable bonds is 6. The fourth-order valence-electron chi connectivity index (χ4n) is 2.10. The molecular formula is C16H21IN4O4S. The van der Waals surface area contributed by atoms with E-state index in [1.54, 1.807) is 37.4 Å². The second-order valence-corrected chi connectivity index (χ2v) is 6.65. The molecule has 2 aromatic rings. The van der Waals surface area contributed by atoms with Crippen LogP contribution < -0.4 is 25.7 Å². The number of ether oxygens (including phenoxy) is 2. The molecule has 2 aromatic carbocycles. The standard InChI is InChI=1S/C16H20N4O4S.HI/c1-23-14-7-6-12(9-15(14)24-2)20-16(17)19-10-11-4-3-5-13(8-11)25(18,21)22;/h3-9H,10H2,1-2H3,(H3,17,19,20)(H2,18,21,22);1H. The summed E-state index contributed by atoms with van der Waals surface area (Å²) in [5, 5.41) is 8.04. The molecular weight excluding hydrogens is 471 g/mol. The predicted octanol–water partition coefficient (Wildman–Crippen LogP) is 1.90. The van der Waals surface area contributed by atoms with Crippen LogP contribution in [0.5, 0.6) is 11.5 Å². The highest BCUT2D eigenvalue weighted by atomic mass is 127. The van der Waals surface area contributed by atoms with Gasteiger partial charge in [-0.15, -0.1) is 24.0 Å². The van der Waals surface area contributed by atoms with Crippen molar-refractivity contribution in [1.29, 1.82) is 0 Å². The fraction of sp³-hybridized carbons (Fsp3) is 0.188. The molecule has 0 aliphatic heterocycles. The van der Waals surface area contributed by atoms with Gasteiger partial charge in [0.05, 0.1) is 25.7 Å². The summed E-state index contributed by atoms with van der Waals surface area (Å²) in [4.78, 5) is 4.22. The summed E-state index contributed by atoms with van der Waals surface area (Å²) in [5.74, 6) is 1.33. The van der Waals surface area contributed by atoms with Gasteiger partial charge in [-0.2, -0.15) is 0 Å². The third-order valence-electron chi connectivity index (χ3n) is 3.31. The normalized spacial score (nSPS) is 11.4. The molecule has 26 heavy (non-hydrogen) atoms. The van der Waals surface area contributed by atoms with E-state index in [2.05, 4.69) is 10.3 Å². The number of aliphatic imine (C=N–C) groups is 1. The summed E-state index contributed by atoms with van der Waals surface area (Å²) in [5.41, 5.74) is 7.21. The van der Waals surface area contributed by atoms with Crippen LogP contribution in [0.25, 0.3) is 0 Å². The molecule has 0 unspecified atom stereocenters. The molecule has 5 N–H and O–H groups in total. The second-order valence-electron chi connectivity index (χ2n) is 5.09. The number of hydrogen-bond donors (Lipinski definition) is 3. The fourth-order valence-corrected chi connectivity index (χ4v) is 2.68. The number of sulfonamides is 1. The Bertz CT molecular complexity index is 888. The maximum Gasteiger partial charge on any atom is 0.238 e. The van der Waals surface area contributed by atoms with E-state index in [-0.39, 0.29) is 41.4 Å². The van der Waals surface area contributed by atoms with E-state index in [0.717, 1.165) is 0 Å². The molecule has 0 aliphatic carbocycles. The SMILES string of the molecule is COc1ccc(NC(N)=NCc2cccc(S(N)(=O)=O)c2)cc1OC.I. The Labute approximate surface area is 169 Å². The number of nitrogens with one attached hydrogen (secondary N) is 1. The lowest BCUT2D eigenvalue weighted by Gasteiger charge is -2.11. The second kappa shape index (κ2) is 9.59. The largest absolute Gasteiger partial charge is 0.493 e. The van der Waals surface area contributed by atoms with Crippen LogP contribution in [0.3, 0.4) is 0 Å². The van der Waals surface area contributed by atoms with Crippen LogP contribution in [-0.2, 0) is 16.6 Å². The summed E-state index contributed by atoms with van der Waals surface area (Å²) >= 11 is 0. The number of primary sulfonamides is 1. The van der Waals surface area contributed by atoms with Crippen LogP contribution in [0.1, 0.15) is 5.56 Å². The lowest BCUT2D eigenvalue weighted by molar-refractivity contribution is 0.355. The lowest BCUT2D eigenvalue weighted by Crippen LogP contribution is -2.22. The Kier molecular flexibility index (Phi) is 8.11. The molecule has 0 saturated heterocycles. The van der Waals surface area contributed by atoms with E-state index in [0.29, 0.717) is 22.7 Å². The highest BCUT2D eigenvalue weighted by Gasteiger charge is 2.08. The van der Waals surface area contributed by atoms with E-state index in [1.165, 1.54) is 19.2 Å². The molecule has 0 heterocycles. The zero-order valence-corrected chi connectivity index (χ0v) is 17.4. The van der Waals surface area contributed by atoms with Crippen LogP contribution in [0.2, 0.25) is 0 Å². The van der Waals surface area contributed by atoms with Gasteiger partial charge in [-0.05, 0) is 29.8 Å². The molecule has 0 fully saturated rings. The average molecular weight is 492 g/mol. The van der Waals surface area contributed by atoms with E-state index < -0.39 is 10.0 Å². The summed E-state index contributed by atoms with van der Waals surface area (Å²) in [6, 6.07) is 11.5. The van der Waals surface area contributed by atoms with Crippen LogP contribution >= 0.6 is 24.0 Å². The summed E-state index contributed by atoms with van der Waals surface area (Å²) in [7, 11) is -0.657. The Balaban J connectivity index is 0.00000338.